The van der Waals surface area contributed by atoms with Crippen LogP contribution in [-0.4, -0.2) is 28.1 Å². The normalized spacial score (nSPS) is 10.4. The lowest BCUT2D eigenvalue weighted by Crippen LogP contribution is -2.26. The van der Waals surface area contributed by atoms with Crippen LogP contribution in [0.2, 0.25) is 0 Å². The number of aliphatic carboxylic acids is 1. The van der Waals surface area contributed by atoms with Gasteiger partial charge in [-0.05, 0) is 41.3 Å². The zero-order chi connectivity index (χ0) is 14.3. The van der Waals surface area contributed by atoms with Gasteiger partial charge in [0.15, 0.2) is 0 Å². The topological polar surface area (TPSA) is 71.3 Å². The summed E-state index contributed by atoms with van der Waals surface area (Å²) in [6.45, 7) is 3.36. The highest BCUT2D eigenvalue weighted by Crippen LogP contribution is 2.15. The number of aryl methyl sites for hydroxylation is 1. The smallest absolute Gasteiger partial charge is 0.303 e. The Morgan fingerprint density at radius 3 is 2.79 bits per heavy atom. The average molecular weight is 331 g/mol. The van der Waals surface area contributed by atoms with E-state index in [0.29, 0.717) is 25.1 Å². The number of carbonyl (C=O) groups excluding carboxylic acids is 1. The number of hydrogen-bond acceptors (Lipinski definition) is 2. The SMILES string of the molecule is CCCn1cc(Br)cc1C(=O)NCCCCC(=O)O. The van der Waals surface area contributed by atoms with Gasteiger partial charge in [0.25, 0.3) is 5.91 Å². The number of carboxylic acid groups (broad SMARTS) is 1. The summed E-state index contributed by atoms with van der Waals surface area (Å²) in [6, 6.07) is 1.79. The number of carbonyl (C=O) groups is 2. The van der Waals surface area contributed by atoms with Crippen LogP contribution in [0.15, 0.2) is 16.7 Å². The highest BCUT2D eigenvalue weighted by Gasteiger charge is 2.11. The van der Waals surface area contributed by atoms with E-state index in [4.69, 9.17) is 5.11 Å². The van der Waals surface area contributed by atoms with Crippen molar-refractivity contribution in [3.63, 3.8) is 0 Å². The second kappa shape index (κ2) is 7.99. The van der Waals surface area contributed by atoms with E-state index in [1.165, 1.54) is 0 Å². The summed E-state index contributed by atoms with van der Waals surface area (Å²) in [5.74, 6) is -0.915. The molecule has 0 atom stereocenters. The minimum absolute atomic E-state index is 0.116. The van der Waals surface area contributed by atoms with E-state index in [1.807, 2.05) is 10.8 Å². The largest absolute Gasteiger partial charge is 0.481 e. The maximum atomic E-state index is 12.0. The molecule has 1 heterocycles. The van der Waals surface area contributed by atoms with Crippen molar-refractivity contribution in [1.29, 1.82) is 0 Å². The van der Waals surface area contributed by atoms with Crippen LogP contribution >= 0.6 is 15.9 Å². The Morgan fingerprint density at radius 1 is 1.42 bits per heavy atom. The summed E-state index contributed by atoms with van der Waals surface area (Å²) >= 11 is 3.36. The van der Waals surface area contributed by atoms with E-state index < -0.39 is 5.97 Å². The molecule has 0 bridgehead atoms. The van der Waals surface area contributed by atoms with Crippen LogP contribution in [-0.2, 0) is 11.3 Å². The van der Waals surface area contributed by atoms with Crippen LogP contribution in [0.25, 0.3) is 0 Å². The number of amides is 1. The first kappa shape index (κ1) is 15.8. The minimum Gasteiger partial charge on any atom is -0.481 e. The summed E-state index contributed by atoms with van der Waals surface area (Å²) < 4.78 is 2.80. The average Bonchev–Trinajstić information content (AvgIpc) is 2.70. The number of carboxylic acids is 1. The lowest BCUT2D eigenvalue weighted by molar-refractivity contribution is -0.137. The Labute approximate surface area is 121 Å². The van der Waals surface area contributed by atoms with Gasteiger partial charge in [0.2, 0.25) is 0 Å². The molecule has 0 aliphatic heterocycles. The molecule has 0 aromatic carbocycles. The Balaban J connectivity index is 2.42. The number of rotatable bonds is 8. The fourth-order valence-corrected chi connectivity index (χ4v) is 2.25. The predicted molar refractivity (Wildman–Crippen MR) is 76.2 cm³/mol. The van der Waals surface area contributed by atoms with Crippen LogP contribution in [0.3, 0.4) is 0 Å². The van der Waals surface area contributed by atoms with Crippen LogP contribution in [0.4, 0.5) is 0 Å². The van der Waals surface area contributed by atoms with Gasteiger partial charge in [-0.2, -0.15) is 0 Å². The number of halogens is 1. The van der Waals surface area contributed by atoms with E-state index in [-0.39, 0.29) is 12.3 Å². The van der Waals surface area contributed by atoms with Gasteiger partial charge in [-0.15, -0.1) is 0 Å². The molecule has 5 nitrogen and oxygen atoms in total. The molecule has 1 aromatic heterocycles. The van der Waals surface area contributed by atoms with Gasteiger partial charge < -0.3 is 15.0 Å². The third-order valence-electron chi connectivity index (χ3n) is 2.66. The van der Waals surface area contributed by atoms with E-state index in [2.05, 4.69) is 28.2 Å². The van der Waals surface area contributed by atoms with Crippen molar-refractivity contribution in [3.05, 3.63) is 22.4 Å². The van der Waals surface area contributed by atoms with Gasteiger partial charge in [-0.3, -0.25) is 9.59 Å². The monoisotopic (exact) mass is 330 g/mol. The molecule has 6 heteroatoms. The Bertz CT molecular complexity index is 443. The van der Waals surface area contributed by atoms with Gasteiger partial charge >= 0.3 is 5.97 Å². The molecule has 0 spiro atoms. The van der Waals surface area contributed by atoms with Crippen LogP contribution in [0.5, 0.6) is 0 Å². The molecule has 106 valence electrons. The van der Waals surface area contributed by atoms with E-state index in [9.17, 15) is 9.59 Å². The first-order chi connectivity index (χ1) is 9.04. The second-order valence-corrected chi connectivity index (χ2v) is 5.26. The maximum absolute atomic E-state index is 12.0. The quantitative estimate of drug-likeness (QED) is 0.720. The molecule has 0 fully saturated rings. The first-order valence-electron chi connectivity index (χ1n) is 6.40. The molecule has 0 radical (unpaired) electrons. The van der Waals surface area contributed by atoms with Gasteiger partial charge in [-0.25, -0.2) is 0 Å². The molecule has 0 unspecified atom stereocenters. The minimum atomic E-state index is -0.799. The molecule has 1 aromatic rings. The summed E-state index contributed by atoms with van der Waals surface area (Å²) in [6.07, 6.45) is 4.25. The van der Waals surface area contributed by atoms with Gasteiger partial charge in [0.05, 0.1) is 0 Å². The fraction of sp³-hybridized carbons (Fsp3) is 0.538. The Kier molecular flexibility index (Phi) is 6.62. The van der Waals surface area contributed by atoms with Crippen molar-refractivity contribution in [2.45, 2.75) is 39.2 Å². The summed E-state index contributed by atoms with van der Waals surface area (Å²) in [7, 11) is 0. The van der Waals surface area contributed by atoms with Crippen LogP contribution in [0, 0.1) is 0 Å². The number of nitrogens with zero attached hydrogens (tertiary/aromatic N) is 1. The molecular formula is C13H19BrN2O3. The predicted octanol–water partition coefficient (Wildman–Crippen LogP) is 2.65. The van der Waals surface area contributed by atoms with Crippen LogP contribution < -0.4 is 5.32 Å². The molecule has 0 aliphatic rings. The zero-order valence-corrected chi connectivity index (χ0v) is 12.6. The standard InChI is InChI=1S/C13H19BrN2O3/c1-2-7-16-9-10(14)8-11(16)13(19)15-6-4-3-5-12(17)18/h8-9H,2-7H2,1H3,(H,15,19)(H,17,18). The second-order valence-electron chi connectivity index (χ2n) is 4.34. The van der Waals surface area contributed by atoms with Crippen molar-refractivity contribution in [2.24, 2.45) is 0 Å². The van der Waals surface area contributed by atoms with Crippen molar-refractivity contribution in [1.82, 2.24) is 9.88 Å². The molecule has 0 aliphatic carbocycles. The number of nitrogens with one attached hydrogen (secondary N) is 1. The van der Waals surface area contributed by atoms with Gasteiger partial charge in [0, 0.05) is 30.2 Å². The lowest BCUT2D eigenvalue weighted by atomic mass is 10.2. The molecule has 19 heavy (non-hydrogen) atoms. The van der Waals surface area contributed by atoms with E-state index in [1.54, 1.807) is 6.07 Å². The molecule has 2 N–H and O–H groups in total. The molecule has 1 amide bonds. The van der Waals surface area contributed by atoms with Gasteiger partial charge in [-0.1, -0.05) is 6.92 Å². The molecular weight excluding hydrogens is 312 g/mol. The van der Waals surface area contributed by atoms with Crippen molar-refractivity contribution < 1.29 is 14.7 Å². The zero-order valence-electron chi connectivity index (χ0n) is 11.0. The fourth-order valence-electron chi connectivity index (χ4n) is 1.78. The Morgan fingerprint density at radius 2 is 2.16 bits per heavy atom. The summed E-state index contributed by atoms with van der Waals surface area (Å²) in [5.41, 5.74) is 0.631. The number of hydrogen-bond donors (Lipinski definition) is 2. The van der Waals surface area contributed by atoms with Gasteiger partial charge in [0.1, 0.15) is 5.69 Å². The number of unbranched alkanes of at least 4 members (excludes halogenated alkanes) is 1. The Hall–Kier alpha value is -1.30. The third-order valence-corrected chi connectivity index (χ3v) is 3.10. The molecule has 0 saturated carbocycles. The summed E-state index contributed by atoms with van der Waals surface area (Å²) in [4.78, 5) is 22.3. The van der Waals surface area contributed by atoms with E-state index >= 15 is 0 Å². The van der Waals surface area contributed by atoms with Crippen molar-refractivity contribution >= 4 is 27.8 Å². The van der Waals surface area contributed by atoms with Crippen molar-refractivity contribution in [3.8, 4) is 0 Å². The molecule has 0 saturated heterocycles. The van der Waals surface area contributed by atoms with Crippen LogP contribution in [0.1, 0.15) is 43.1 Å². The first-order valence-corrected chi connectivity index (χ1v) is 7.19. The molecule has 1 rings (SSSR count). The third kappa shape index (κ3) is 5.46. The summed E-state index contributed by atoms with van der Waals surface area (Å²) in [5, 5.41) is 11.3. The van der Waals surface area contributed by atoms with Crippen molar-refractivity contribution in [2.75, 3.05) is 6.54 Å². The van der Waals surface area contributed by atoms with E-state index in [0.717, 1.165) is 17.4 Å². The maximum Gasteiger partial charge on any atom is 0.303 e. The highest BCUT2D eigenvalue weighted by molar-refractivity contribution is 9.10. The highest BCUT2D eigenvalue weighted by atomic mass is 79.9. The lowest BCUT2D eigenvalue weighted by Gasteiger charge is -2.08. The number of aromatic nitrogens is 1.